The lowest BCUT2D eigenvalue weighted by Crippen LogP contribution is -2.40. The maximum Gasteiger partial charge on any atom is 0.241 e. The van der Waals surface area contributed by atoms with Gasteiger partial charge < -0.3 is 5.11 Å². The van der Waals surface area contributed by atoms with Crippen LogP contribution in [0.2, 0.25) is 5.02 Å². The molecule has 1 atom stereocenters. The summed E-state index contributed by atoms with van der Waals surface area (Å²) in [4.78, 5) is 0.0213. The molecule has 4 nitrogen and oxygen atoms in total. The first kappa shape index (κ1) is 16.4. The highest BCUT2D eigenvalue weighted by atomic mass is 35.5. The van der Waals surface area contributed by atoms with Crippen LogP contribution >= 0.6 is 11.6 Å². The Morgan fingerprint density at radius 2 is 1.84 bits per heavy atom. The number of rotatable bonds is 3. The van der Waals surface area contributed by atoms with Crippen LogP contribution in [0.15, 0.2) is 17.0 Å². The van der Waals surface area contributed by atoms with E-state index >= 15 is 0 Å². The Morgan fingerprint density at radius 1 is 1.32 bits per heavy atom. The van der Waals surface area contributed by atoms with Gasteiger partial charge in [0, 0.05) is 11.1 Å². The van der Waals surface area contributed by atoms with E-state index in [4.69, 9.17) is 11.6 Å². The highest BCUT2D eigenvalue weighted by Gasteiger charge is 2.27. The Hall–Kier alpha value is -0.620. The van der Waals surface area contributed by atoms with Gasteiger partial charge in [-0.15, -0.1) is 0 Å². The molecule has 0 saturated heterocycles. The second kappa shape index (κ2) is 5.40. The van der Waals surface area contributed by atoms with Crippen LogP contribution in [0.25, 0.3) is 0 Å². The lowest BCUT2D eigenvalue weighted by Gasteiger charge is -2.23. The van der Waals surface area contributed by atoms with Gasteiger partial charge in [-0.05, 0) is 46.2 Å². The van der Waals surface area contributed by atoms with E-state index in [0.29, 0.717) is 0 Å². The van der Waals surface area contributed by atoms with Crippen LogP contribution in [-0.4, -0.2) is 19.1 Å². The van der Waals surface area contributed by atoms with Gasteiger partial charge >= 0.3 is 0 Å². The fourth-order valence-electron chi connectivity index (χ4n) is 1.77. The molecule has 0 aliphatic rings. The molecule has 1 rings (SSSR count). The molecule has 0 aliphatic carbocycles. The normalized spacial score (nSPS) is 14.5. The van der Waals surface area contributed by atoms with E-state index in [1.54, 1.807) is 33.8 Å². The Bertz CT molecular complexity index is 574. The molecule has 1 aromatic rings. The predicted octanol–water partition coefficient (Wildman–Crippen LogP) is 2.78. The number of hydrogen-bond acceptors (Lipinski definition) is 3. The van der Waals surface area contributed by atoms with Crippen molar-refractivity contribution in [1.29, 1.82) is 0 Å². The number of aryl methyl sites for hydroxylation is 1. The third kappa shape index (κ3) is 3.92. The molecule has 1 aromatic carbocycles. The van der Waals surface area contributed by atoms with E-state index in [-0.39, 0.29) is 15.5 Å². The minimum atomic E-state index is -3.73. The van der Waals surface area contributed by atoms with Crippen molar-refractivity contribution < 1.29 is 13.5 Å². The van der Waals surface area contributed by atoms with Gasteiger partial charge in [0.2, 0.25) is 10.0 Å². The van der Waals surface area contributed by atoms with E-state index in [2.05, 4.69) is 4.72 Å². The number of benzene rings is 1. The van der Waals surface area contributed by atoms with Crippen molar-refractivity contribution in [3.63, 3.8) is 0 Å². The predicted molar refractivity (Wildman–Crippen MR) is 76.9 cm³/mol. The molecule has 19 heavy (non-hydrogen) atoms. The van der Waals surface area contributed by atoms with Crippen molar-refractivity contribution >= 4 is 21.6 Å². The van der Waals surface area contributed by atoms with Crippen molar-refractivity contribution in [2.75, 3.05) is 0 Å². The molecule has 0 amide bonds. The summed E-state index contributed by atoms with van der Waals surface area (Å²) < 4.78 is 27.3. The first-order valence-electron chi connectivity index (χ1n) is 5.97. The molecule has 1 unspecified atom stereocenters. The summed E-state index contributed by atoms with van der Waals surface area (Å²) in [5.74, 6) is 0. The summed E-state index contributed by atoms with van der Waals surface area (Å²) in [6.45, 7) is 8.52. The molecule has 0 fully saturated rings. The van der Waals surface area contributed by atoms with Crippen molar-refractivity contribution in [2.45, 2.75) is 51.2 Å². The number of halogens is 1. The molecule has 0 saturated carbocycles. The van der Waals surface area contributed by atoms with E-state index in [1.807, 2.05) is 0 Å². The molecule has 0 heterocycles. The molecule has 0 bridgehead atoms. The topological polar surface area (TPSA) is 66.4 Å². The summed E-state index contributed by atoms with van der Waals surface area (Å²) in [5, 5.41) is 10.1. The van der Waals surface area contributed by atoms with Gasteiger partial charge in [0.15, 0.2) is 0 Å². The van der Waals surface area contributed by atoms with Crippen LogP contribution in [0.3, 0.4) is 0 Å². The van der Waals surface area contributed by atoms with Crippen molar-refractivity contribution in [1.82, 2.24) is 4.72 Å². The molecule has 0 spiro atoms. The second-order valence-electron chi connectivity index (χ2n) is 5.64. The van der Waals surface area contributed by atoms with Gasteiger partial charge in [0.1, 0.15) is 0 Å². The Kier molecular flexibility index (Phi) is 4.67. The molecule has 6 heteroatoms. The molecule has 2 N–H and O–H groups in total. The van der Waals surface area contributed by atoms with Crippen LogP contribution in [-0.2, 0) is 10.0 Å². The number of sulfonamides is 1. The lowest BCUT2D eigenvalue weighted by molar-refractivity contribution is 0.196. The molecular formula is C13H20ClNO3S. The van der Waals surface area contributed by atoms with Gasteiger partial charge in [0.25, 0.3) is 0 Å². The third-order valence-corrected chi connectivity index (χ3v) is 4.80. The van der Waals surface area contributed by atoms with Crippen LogP contribution < -0.4 is 4.72 Å². The van der Waals surface area contributed by atoms with Crippen LogP contribution in [0.5, 0.6) is 0 Å². The standard InChI is InChI=1S/C13H20ClNO3S/c1-8-6-7-10(11(9(2)16)12(8)14)19(17,18)15-13(3,4)5/h6-7,9,15-16H,1-5H3. The summed E-state index contributed by atoms with van der Waals surface area (Å²) in [6, 6.07) is 3.10. The smallest absolute Gasteiger partial charge is 0.241 e. The lowest BCUT2D eigenvalue weighted by atomic mass is 10.1. The van der Waals surface area contributed by atoms with E-state index < -0.39 is 21.7 Å². The first-order valence-corrected chi connectivity index (χ1v) is 7.83. The Balaban J connectivity index is 3.48. The van der Waals surface area contributed by atoms with Crippen LogP contribution in [0.4, 0.5) is 0 Å². The molecule has 108 valence electrons. The van der Waals surface area contributed by atoms with Crippen LogP contribution in [0.1, 0.15) is 44.9 Å². The van der Waals surface area contributed by atoms with Gasteiger partial charge in [-0.1, -0.05) is 17.7 Å². The second-order valence-corrected chi connectivity index (χ2v) is 7.67. The zero-order valence-electron chi connectivity index (χ0n) is 11.8. The summed E-state index contributed by atoms with van der Waals surface area (Å²) in [7, 11) is -3.73. The van der Waals surface area contributed by atoms with Crippen molar-refractivity contribution in [3.8, 4) is 0 Å². The zero-order valence-corrected chi connectivity index (χ0v) is 13.4. The third-order valence-electron chi connectivity index (χ3n) is 2.48. The van der Waals surface area contributed by atoms with Gasteiger partial charge in [0.05, 0.1) is 16.0 Å². The maximum atomic E-state index is 12.4. The van der Waals surface area contributed by atoms with E-state index in [9.17, 15) is 13.5 Å². The monoisotopic (exact) mass is 305 g/mol. The van der Waals surface area contributed by atoms with Gasteiger partial charge in [-0.25, -0.2) is 13.1 Å². The number of aliphatic hydroxyl groups is 1. The molecule has 0 aromatic heterocycles. The SMILES string of the molecule is Cc1ccc(S(=O)(=O)NC(C)(C)C)c(C(C)O)c1Cl. The maximum absolute atomic E-state index is 12.4. The highest BCUT2D eigenvalue weighted by Crippen LogP contribution is 2.32. The van der Waals surface area contributed by atoms with E-state index in [0.717, 1.165) is 5.56 Å². The largest absolute Gasteiger partial charge is 0.389 e. The number of hydrogen-bond donors (Lipinski definition) is 2. The Morgan fingerprint density at radius 3 is 2.26 bits per heavy atom. The summed E-state index contributed by atoms with van der Waals surface area (Å²) >= 11 is 6.12. The minimum absolute atomic E-state index is 0.0213. The fraction of sp³-hybridized carbons (Fsp3) is 0.538. The summed E-state index contributed by atoms with van der Waals surface area (Å²) in [5.41, 5.74) is 0.359. The average Bonchev–Trinajstić information content (AvgIpc) is 2.17. The van der Waals surface area contributed by atoms with Crippen molar-refractivity contribution in [2.24, 2.45) is 0 Å². The van der Waals surface area contributed by atoms with E-state index in [1.165, 1.54) is 13.0 Å². The molecule has 0 radical (unpaired) electrons. The average molecular weight is 306 g/mol. The zero-order chi connectivity index (χ0) is 15.0. The van der Waals surface area contributed by atoms with Gasteiger partial charge in [-0.2, -0.15) is 0 Å². The Labute approximate surface area is 119 Å². The van der Waals surface area contributed by atoms with Crippen molar-refractivity contribution in [3.05, 3.63) is 28.3 Å². The van der Waals surface area contributed by atoms with Crippen LogP contribution in [0, 0.1) is 6.92 Å². The minimum Gasteiger partial charge on any atom is -0.389 e. The first-order chi connectivity index (χ1) is 8.46. The van der Waals surface area contributed by atoms with Gasteiger partial charge in [-0.3, -0.25) is 0 Å². The number of aliphatic hydroxyl groups excluding tert-OH is 1. The molecule has 0 aliphatic heterocycles. The fourth-order valence-corrected chi connectivity index (χ4v) is 3.87. The quantitative estimate of drug-likeness (QED) is 0.902. The number of nitrogens with one attached hydrogen (secondary N) is 1. The molecular weight excluding hydrogens is 286 g/mol. The summed E-state index contributed by atoms with van der Waals surface area (Å²) in [6.07, 6.45) is -0.959. The highest BCUT2D eigenvalue weighted by molar-refractivity contribution is 7.89.